The number of nitrogens with zero attached hydrogens (tertiary/aromatic N) is 3. The molecule has 0 aromatic carbocycles. The zero-order chi connectivity index (χ0) is 13.4. The largest absolute Gasteiger partial charge is 0.312 e. The van der Waals surface area contributed by atoms with E-state index in [9.17, 15) is 0 Å². The molecule has 3 aliphatic rings. The number of anilines is 1. The molecule has 0 spiro atoms. The van der Waals surface area contributed by atoms with Crippen molar-refractivity contribution in [3.63, 3.8) is 0 Å². The number of hydrogen-bond acceptors (Lipinski definition) is 5. The van der Waals surface area contributed by atoms with E-state index in [1.165, 1.54) is 12.0 Å². The molecule has 3 heterocycles. The summed E-state index contributed by atoms with van der Waals surface area (Å²) in [5, 5.41) is 5.90. The molecule has 104 valence electrons. The van der Waals surface area contributed by atoms with E-state index in [-0.39, 0.29) is 0 Å². The third-order valence-corrected chi connectivity index (χ3v) is 4.57. The van der Waals surface area contributed by atoms with E-state index < -0.39 is 0 Å². The first-order valence-electron chi connectivity index (χ1n) is 7.30. The van der Waals surface area contributed by atoms with Crippen LogP contribution in [0.2, 0.25) is 0 Å². The average Bonchev–Trinajstić information content (AvgIpc) is 2.81. The van der Waals surface area contributed by atoms with Crippen LogP contribution < -0.4 is 10.7 Å². The third kappa shape index (κ3) is 2.13. The molecular weight excluding hydrogens is 250 g/mol. The predicted octanol–water partition coefficient (Wildman–Crippen LogP) is 1.21. The van der Waals surface area contributed by atoms with Crippen LogP contribution in [0.1, 0.15) is 6.42 Å². The minimum absolute atomic E-state index is 0.569. The van der Waals surface area contributed by atoms with Gasteiger partial charge in [0.15, 0.2) is 0 Å². The highest BCUT2D eigenvalue weighted by atomic mass is 15.6. The van der Waals surface area contributed by atoms with Crippen LogP contribution in [0.25, 0.3) is 0 Å². The number of rotatable bonds is 3. The van der Waals surface area contributed by atoms with E-state index in [1.807, 2.05) is 6.07 Å². The minimum atomic E-state index is 0.569. The van der Waals surface area contributed by atoms with Crippen molar-refractivity contribution >= 4 is 5.95 Å². The molecule has 1 aromatic rings. The topological polar surface area (TPSA) is 53.1 Å². The molecule has 2 aliphatic heterocycles. The van der Waals surface area contributed by atoms with Crippen LogP contribution in [0, 0.1) is 11.8 Å². The normalized spacial score (nSPS) is 32.4. The van der Waals surface area contributed by atoms with Crippen molar-refractivity contribution in [3.05, 3.63) is 42.3 Å². The molecular formula is C15H19N5. The molecule has 5 nitrogen and oxygen atoms in total. The molecule has 3 unspecified atom stereocenters. The van der Waals surface area contributed by atoms with Gasteiger partial charge in [-0.05, 0) is 36.4 Å². The summed E-state index contributed by atoms with van der Waals surface area (Å²) in [6.45, 7) is 3.18. The highest BCUT2D eigenvalue weighted by molar-refractivity contribution is 5.38. The fourth-order valence-corrected chi connectivity index (χ4v) is 3.55. The van der Waals surface area contributed by atoms with Crippen molar-refractivity contribution in [2.45, 2.75) is 12.5 Å². The van der Waals surface area contributed by atoms with Crippen LogP contribution in [0.5, 0.6) is 0 Å². The molecule has 0 bridgehead atoms. The Kier molecular flexibility index (Phi) is 3.01. The molecule has 0 amide bonds. The fourth-order valence-electron chi connectivity index (χ4n) is 3.55. The van der Waals surface area contributed by atoms with Crippen molar-refractivity contribution in [1.82, 2.24) is 20.3 Å². The van der Waals surface area contributed by atoms with E-state index in [0.717, 1.165) is 19.6 Å². The monoisotopic (exact) mass is 269 g/mol. The van der Waals surface area contributed by atoms with Crippen LogP contribution in [0.15, 0.2) is 42.3 Å². The van der Waals surface area contributed by atoms with Crippen LogP contribution >= 0.6 is 0 Å². The van der Waals surface area contributed by atoms with Gasteiger partial charge in [0.2, 0.25) is 5.95 Å². The lowest BCUT2D eigenvalue weighted by atomic mass is 9.76. The van der Waals surface area contributed by atoms with Gasteiger partial charge in [-0.15, -0.1) is 0 Å². The second-order valence-electron chi connectivity index (χ2n) is 5.73. The molecule has 2 saturated heterocycles. The standard InChI is InChI=1S/C15H19N5/c1-3-11(4-1)12-5-8-16-14-10-20(9-13(12)14)19-15-17-6-2-7-18-15/h1-4,6-7,12-14,16H,5,8-10H2,(H,17,18,19). The van der Waals surface area contributed by atoms with Gasteiger partial charge in [0.05, 0.1) is 0 Å². The zero-order valence-corrected chi connectivity index (χ0v) is 11.4. The number of piperidine rings is 1. The first kappa shape index (κ1) is 12.1. The SMILES string of the molecule is C1=CC(C2CCNC3CN(Nc4ncccn4)CC32)=C1. The average molecular weight is 269 g/mol. The van der Waals surface area contributed by atoms with Gasteiger partial charge in [-0.3, -0.25) is 5.43 Å². The van der Waals surface area contributed by atoms with Gasteiger partial charge in [-0.2, -0.15) is 0 Å². The van der Waals surface area contributed by atoms with Crippen molar-refractivity contribution in [2.24, 2.45) is 11.8 Å². The van der Waals surface area contributed by atoms with Gasteiger partial charge in [0.25, 0.3) is 0 Å². The first-order chi connectivity index (χ1) is 9.90. The highest BCUT2D eigenvalue weighted by Crippen LogP contribution is 2.37. The smallest absolute Gasteiger partial charge is 0.237 e. The maximum absolute atomic E-state index is 4.23. The molecule has 3 atom stereocenters. The lowest BCUT2D eigenvalue weighted by Crippen LogP contribution is -2.46. The molecule has 4 rings (SSSR count). The van der Waals surface area contributed by atoms with Gasteiger partial charge < -0.3 is 5.32 Å². The Morgan fingerprint density at radius 3 is 2.85 bits per heavy atom. The molecule has 0 radical (unpaired) electrons. The third-order valence-electron chi connectivity index (χ3n) is 4.57. The minimum Gasteiger partial charge on any atom is -0.312 e. The number of hydrogen-bond donors (Lipinski definition) is 2. The zero-order valence-electron chi connectivity index (χ0n) is 11.4. The Morgan fingerprint density at radius 1 is 1.25 bits per heavy atom. The Bertz CT molecular complexity index is 538. The van der Waals surface area contributed by atoms with E-state index in [0.29, 0.717) is 23.8 Å². The van der Waals surface area contributed by atoms with E-state index in [4.69, 9.17) is 0 Å². The van der Waals surface area contributed by atoms with E-state index in [1.54, 1.807) is 12.4 Å². The summed E-state index contributed by atoms with van der Waals surface area (Å²) in [7, 11) is 0. The number of hydrazine groups is 1. The van der Waals surface area contributed by atoms with E-state index >= 15 is 0 Å². The quantitative estimate of drug-likeness (QED) is 0.864. The maximum atomic E-state index is 4.23. The maximum Gasteiger partial charge on any atom is 0.237 e. The molecule has 1 aliphatic carbocycles. The van der Waals surface area contributed by atoms with Crippen molar-refractivity contribution < 1.29 is 0 Å². The molecule has 1 aromatic heterocycles. The van der Waals surface area contributed by atoms with Gasteiger partial charge in [0.1, 0.15) is 0 Å². The predicted molar refractivity (Wildman–Crippen MR) is 77.8 cm³/mol. The Hall–Kier alpha value is -1.72. The van der Waals surface area contributed by atoms with Crippen LogP contribution in [-0.4, -0.2) is 40.7 Å². The Labute approximate surface area is 118 Å². The summed E-state index contributed by atoms with van der Waals surface area (Å²) in [5.41, 5.74) is 4.85. The van der Waals surface area contributed by atoms with Crippen LogP contribution in [0.4, 0.5) is 5.95 Å². The van der Waals surface area contributed by atoms with Gasteiger partial charge >= 0.3 is 0 Å². The molecule has 2 fully saturated rings. The van der Waals surface area contributed by atoms with Crippen molar-refractivity contribution in [3.8, 4) is 0 Å². The highest BCUT2D eigenvalue weighted by Gasteiger charge is 2.41. The Morgan fingerprint density at radius 2 is 2.10 bits per heavy atom. The number of fused-ring (bicyclic) bond motifs is 1. The first-order valence-corrected chi connectivity index (χ1v) is 7.30. The summed E-state index contributed by atoms with van der Waals surface area (Å²) >= 11 is 0. The van der Waals surface area contributed by atoms with Crippen molar-refractivity contribution in [1.29, 1.82) is 0 Å². The lowest BCUT2D eigenvalue weighted by Gasteiger charge is -2.35. The number of aromatic nitrogens is 2. The van der Waals surface area contributed by atoms with Crippen molar-refractivity contribution in [2.75, 3.05) is 25.1 Å². The summed E-state index contributed by atoms with van der Waals surface area (Å²) in [6, 6.07) is 2.40. The summed E-state index contributed by atoms with van der Waals surface area (Å²) in [6.07, 6.45) is 11.5. The lowest BCUT2D eigenvalue weighted by molar-refractivity contribution is 0.262. The number of allylic oxidation sites excluding steroid dienone is 4. The second-order valence-corrected chi connectivity index (χ2v) is 5.73. The van der Waals surface area contributed by atoms with Gasteiger partial charge in [0, 0.05) is 31.5 Å². The van der Waals surface area contributed by atoms with Gasteiger partial charge in [-0.25, -0.2) is 15.0 Å². The summed E-state index contributed by atoms with van der Waals surface area (Å²) in [5.74, 6) is 2.07. The molecule has 5 heteroatoms. The van der Waals surface area contributed by atoms with Crippen LogP contribution in [-0.2, 0) is 0 Å². The van der Waals surface area contributed by atoms with Crippen LogP contribution in [0.3, 0.4) is 0 Å². The molecule has 20 heavy (non-hydrogen) atoms. The number of nitrogens with one attached hydrogen (secondary N) is 2. The van der Waals surface area contributed by atoms with E-state index in [2.05, 4.69) is 43.9 Å². The summed E-state index contributed by atoms with van der Waals surface area (Å²) < 4.78 is 0. The second kappa shape index (κ2) is 5.00. The summed E-state index contributed by atoms with van der Waals surface area (Å²) in [4.78, 5) is 8.47. The van der Waals surface area contributed by atoms with Gasteiger partial charge in [-0.1, -0.05) is 18.2 Å². The fraction of sp³-hybridized carbons (Fsp3) is 0.467. The molecule has 2 N–H and O–H groups in total. The molecule has 0 saturated carbocycles. The Balaban J connectivity index is 1.45.